The Bertz CT molecular complexity index is 914. The highest BCUT2D eigenvalue weighted by Gasteiger charge is 2.12. The zero-order valence-corrected chi connectivity index (χ0v) is 15.5. The summed E-state index contributed by atoms with van der Waals surface area (Å²) in [7, 11) is 0. The van der Waals surface area contributed by atoms with E-state index in [1.165, 1.54) is 5.56 Å². The van der Waals surface area contributed by atoms with Crippen LogP contribution in [0.15, 0.2) is 60.7 Å². The average Bonchev–Trinajstić information content (AvgIpc) is 2.64. The van der Waals surface area contributed by atoms with Crippen molar-refractivity contribution >= 4 is 21.5 Å². The summed E-state index contributed by atoms with van der Waals surface area (Å²) in [6.45, 7) is 8.71. The molecule has 0 fully saturated rings. The number of aliphatic hydroxyl groups excluding tert-OH is 1. The van der Waals surface area contributed by atoms with Crippen LogP contribution in [0.5, 0.6) is 5.75 Å². The summed E-state index contributed by atoms with van der Waals surface area (Å²) in [4.78, 5) is 0. The van der Waals surface area contributed by atoms with Gasteiger partial charge in [0.05, 0.1) is 13.2 Å². The Kier molecular flexibility index (Phi) is 5.92. The zero-order valence-electron chi connectivity index (χ0n) is 15.5. The van der Waals surface area contributed by atoms with Crippen molar-refractivity contribution in [1.82, 2.24) is 0 Å². The van der Waals surface area contributed by atoms with E-state index in [1.54, 1.807) is 0 Å². The van der Waals surface area contributed by atoms with Crippen molar-refractivity contribution in [1.29, 1.82) is 0 Å². The van der Waals surface area contributed by atoms with Crippen LogP contribution in [-0.4, -0.2) is 31.0 Å². The third-order valence-corrected chi connectivity index (χ3v) is 4.37. The van der Waals surface area contributed by atoms with Crippen LogP contribution in [-0.2, 0) is 11.2 Å². The van der Waals surface area contributed by atoms with Crippen molar-refractivity contribution in [2.75, 3.05) is 19.8 Å². The fourth-order valence-corrected chi connectivity index (χ4v) is 3.04. The molecule has 0 spiro atoms. The Hall–Kier alpha value is -2.36. The summed E-state index contributed by atoms with van der Waals surface area (Å²) >= 11 is 0. The van der Waals surface area contributed by atoms with Crippen LogP contribution in [0.2, 0.25) is 0 Å². The maximum absolute atomic E-state index is 10.2. The first kappa shape index (κ1) is 18.4. The molecule has 136 valence electrons. The summed E-state index contributed by atoms with van der Waals surface area (Å²) in [6.07, 6.45) is 0.289. The number of fused-ring (bicyclic) bond motifs is 2. The van der Waals surface area contributed by atoms with Gasteiger partial charge < -0.3 is 14.6 Å². The molecular weight excluding hydrogens is 324 g/mol. The number of benzene rings is 3. The molecule has 1 N–H and O–H groups in total. The van der Waals surface area contributed by atoms with Crippen molar-refractivity contribution < 1.29 is 14.6 Å². The van der Waals surface area contributed by atoms with E-state index in [0.29, 0.717) is 6.61 Å². The Labute approximate surface area is 154 Å². The van der Waals surface area contributed by atoms with Gasteiger partial charge in [-0.25, -0.2) is 0 Å². The van der Waals surface area contributed by atoms with Gasteiger partial charge in [0.1, 0.15) is 18.5 Å². The van der Waals surface area contributed by atoms with Gasteiger partial charge in [-0.2, -0.15) is 0 Å². The quantitative estimate of drug-likeness (QED) is 0.464. The second-order valence-corrected chi connectivity index (χ2v) is 6.77. The Morgan fingerprint density at radius 1 is 1.04 bits per heavy atom. The third-order valence-electron chi connectivity index (χ3n) is 4.37. The van der Waals surface area contributed by atoms with Gasteiger partial charge in [-0.1, -0.05) is 55.5 Å². The van der Waals surface area contributed by atoms with Gasteiger partial charge in [-0.15, -0.1) is 0 Å². The number of hydrogen-bond donors (Lipinski definition) is 1. The van der Waals surface area contributed by atoms with Crippen LogP contribution in [0.25, 0.3) is 21.5 Å². The molecule has 3 aromatic carbocycles. The summed E-state index contributed by atoms with van der Waals surface area (Å²) in [5.41, 5.74) is 2.20. The molecule has 26 heavy (non-hydrogen) atoms. The lowest BCUT2D eigenvalue weighted by molar-refractivity contribution is 0.0202. The molecule has 1 unspecified atom stereocenters. The van der Waals surface area contributed by atoms with Crippen LogP contribution < -0.4 is 4.74 Å². The highest BCUT2D eigenvalue weighted by Crippen LogP contribution is 2.35. The predicted octanol–water partition coefficient (Wildman–Crippen LogP) is 4.89. The van der Waals surface area contributed by atoms with Crippen molar-refractivity contribution in [2.24, 2.45) is 0 Å². The number of rotatable bonds is 8. The Morgan fingerprint density at radius 2 is 1.81 bits per heavy atom. The van der Waals surface area contributed by atoms with E-state index < -0.39 is 6.10 Å². The van der Waals surface area contributed by atoms with Crippen LogP contribution in [0, 0.1) is 0 Å². The lowest BCUT2D eigenvalue weighted by Gasteiger charge is -2.17. The van der Waals surface area contributed by atoms with E-state index in [9.17, 15) is 5.11 Å². The Balaban J connectivity index is 1.89. The smallest absolute Gasteiger partial charge is 0.135 e. The van der Waals surface area contributed by atoms with Gasteiger partial charge in [0, 0.05) is 10.8 Å². The van der Waals surface area contributed by atoms with E-state index >= 15 is 0 Å². The van der Waals surface area contributed by atoms with Gasteiger partial charge in [0.25, 0.3) is 0 Å². The maximum atomic E-state index is 10.2. The minimum atomic E-state index is -0.683. The summed E-state index contributed by atoms with van der Waals surface area (Å²) in [5, 5.41) is 14.6. The van der Waals surface area contributed by atoms with Crippen molar-refractivity contribution in [2.45, 2.75) is 26.4 Å². The fraction of sp³-hybridized carbons (Fsp3) is 0.304. The topological polar surface area (TPSA) is 38.7 Å². The number of ether oxygens (including phenoxy) is 2. The predicted molar refractivity (Wildman–Crippen MR) is 108 cm³/mol. The molecule has 0 aliphatic carbocycles. The SMILES string of the molecule is C=C(C)COCC(O)COc1c2ccccc2cc2ccc(CC)cc12. The minimum Gasteiger partial charge on any atom is -0.489 e. The molecule has 3 rings (SSSR count). The fourth-order valence-electron chi connectivity index (χ4n) is 3.04. The largest absolute Gasteiger partial charge is 0.489 e. The number of aliphatic hydroxyl groups is 1. The lowest BCUT2D eigenvalue weighted by Crippen LogP contribution is -2.24. The van der Waals surface area contributed by atoms with Gasteiger partial charge in [-0.3, -0.25) is 0 Å². The van der Waals surface area contributed by atoms with E-state index in [2.05, 4.69) is 49.9 Å². The van der Waals surface area contributed by atoms with E-state index in [-0.39, 0.29) is 13.2 Å². The second-order valence-electron chi connectivity index (χ2n) is 6.77. The van der Waals surface area contributed by atoms with Gasteiger partial charge in [0.15, 0.2) is 0 Å². The molecule has 0 saturated carbocycles. The maximum Gasteiger partial charge on any atom is 0.135 e. The number of aryl methyl sites for hydroxylation is 1. The van der Waals surface area contributed by atoms with Gasteiger partial charge in [0.2, 0.25) is 0 Å². The first-order chi connectivity index (χ1) is 12.6. The first-order valence-corrected chi connectivity index (χ1v) is 9.06. The summed E-state index contributed by atoms with van der Waals surface area (Å²) in [6, 6.07) is 16.8. The monoisotopic (exact) mass is 350 g/mol. The van der Waals surface area contributed by atoms with Crippen molar-refractivity contribution in [3.63, 3.8) is 0 Å². The Morgan fingerprint density at radius 3 is 2.58 bits per heavy atom. The second kappa shape index (κ2) is 8.35. The highest BCUT2D eigenvalue weighted by molar-refractivity contribution is 6.05. The summed E-state index contributed by atoms with van der Waals surface area (Å²) < 4.78 is 11.5. The van der Waals surface area contributed by atoms with E-state index in [1.807, 2.05) is 19.1 Å². The normalized spacial score (nSPS) is 12.4. The summed E-state index contributed by atoms with van der Waals surface area (Å²) in [5.74, 6) is 0.826. The lowest BCUT2D eigenvalue weighted by atomic mass is 9.99. The molecule has 0 saturated heterocycles. The first-order valence-electron chi connectivity index (χ1n) is 9.06. The molecule has 3 nitrogen and oxygen atoms in total. The molecular formula is C23H26O3. The molecule has 3 aromatic rings. The molecule has 0 aliphatic rings. The highest BCUT2D eigenvalue weighted by atomic mass is 16.5. The number of hydrogen-bond acceptors (Lipinski definition) is 3. The molecule has 0 amide bonds. The van der Waals surface area contributed by atoms with E-state index in [4.69, 9.17) is 9.47 Å². The molecule has 0 radical (unpaired) electrons. The zero-order chi connectivity index (χ0) is 18.5. The minimum absolute atomic E-state index is 0.190. The van der Waals surface area contributed by atoms with E-state index in [0.717, 1.165) is 39.3 Å². The molecule has 0 aromatic heterocycles. The molecule has 0 bridgehead atoms. The van der Waals surface area contributed by atoms with Gasteiger partial charge >= 0.3 is 0 Å². The standard InChI is InChI=1S/C23H26O3/c1-4-17-9-10-19-12-18-7-5-6-8-21(18)23(22(19)11-17)26-15-20(24)14-25-13-16(2)3/h5-12,20,24H,2,4,13-15H2,1,3H3. The van der Waals surface area contributed by atoms with Crippen LogP contribution in [0.3, 0.4) is 0 Å². The molecule has 0 aliphatic heterocycles. The van der Waals surface area contributed by atoms with Crippen LogP contribution in [0.1, 0.15) is 19.4 Å². The van der Waals surface area contributed by atoms with Crippen molar-refractivity contribution in [3.05, 3.63) is 66.2 Å². The van der Waals surface area contributed by atoms with Crippen molar-refractivity contribution in [3.8, 4) is 5.75 Å². The van der Waals surface area contributed by atoms with Crippen LogP contribution in [0.4, 0.5) is 0 Å². The molecule has 1 atom stereocenters. The van der Waals surface area contributed by atoms with Crippen LogP contribution >= 0.6 is 0 Å². The third kappa shape index (κ3) is 4.24. The van der Waals surface area contributed by atoms with Gasteiger partial charge in [-0.05, 0) is 41.8 Å². The average molecular weight is 350 g/mol. The molecule has 3 heteroatoms. The molecule has 0 heterocycles.